The Morgan fingerprint density at radius 2 is 1.88 bits per heavy atom. The van der Waals surface area contributed by atoms with E-state index in [0.29, 0.717) is 13.1 Å². The molecule has 0 unspecified atom stereocenters. The summed E-state index contributed by atoms with van der Waals surface area (Å²) >= 11 is 0. The van der Waals surface area contributed by atoms with Gasteiger partial charge in [-0.05, 0) is 65.6 Å². The summed E-state index contributed by atoms with van der Waals surface area (Å²) in [6, 6.07) is 0. The Hall–Kier alpha value is -1.30. The number of amides is 1. The van der Waals surface area contributed by atoms with Gasteiger partial charge >= 0.3 is 0 Å². The Balaban J connectivity index is 2.22. The van der Waals surface area contributed by atoms with E-state index in [9.17, 15) is 4.79 Å². The summed E-state index contributed by atoms with van der Waals surface area (Å²) in [5.74, 6) is 1.71. The standard InChI is InChI=1S/C18H37N5O/c1-6-20-16(24)18(3,4)14-22-17(19-5)21-10-7-11-23-12-8-15(2)9-13-23/h15H,6-14H2,1-5H3,(H,20,24)(H2,19,21,22). The summed E-state index contributed by atoms with van der Waals surface area (Å²) < 4.78 is 0. The second-order valence-electron chi connectivity index (χ2n) is 7.47. The van der Waals surface area contributed by atoms with Gasteiger partial charge in [0.2, 0.25) is 5.91 Å². The van der Waals surface area contributed by atoms with Crippen LogP contribution in [0.3, 0.4) is 0 Å². The normalized spacial score (nSPS) is 17.6. The molecule has 1 heterocycles. The van der Waals surface area contributed by atoms with Crippen molar-refractivity contribution >= 4 is 11.9 Å². The first-order valence-electron chi connectivity index (χ1n) is 9.34. The lowest BCUT2D eigenvalue weighted by Gasteiger charge is -2.30. The van der Waals surface area contributed by atoms with Crippen molar-refractivity contribution in [2.45, 2.75) is 47.0 Å². The van der Waals surface area contributed by atoms with E-state index in [1.807, 2.05) is 20.8 Å². The Labute approximate surface area is 147 Å². The molecule has 24 heavy (non-hydrogen) atoms. The number of piperidine rings is 1. The highest BCUT2D eigenvalue weighted by atomic mass is 16.2. The Bertz CT molecular complexity index is 400. The molecule has 1 fully saturated rings. The van der Waals surface area contributed by atoms with E-state index in [1.165, 1.54) is 25.9 Å². The van der Waals surface area contributed by atoms with E-state index in [0.717, 1.165) is 31.4 Å². The Morgan fingerprint density at radius 1 is 1.21 bits per heavy atom. The van der Waals surface area contributed by atoms with Gasteiger partial charge in [-0.2, -0.15) is 0 Å². The number of aliphatic imine (C=N–C) groups is 1. The fourth-order valence-electron chi connectivity index (χ4n) is 2.80. The van der Waals surface area contributed by atoms with Gasteiger partial charge in [0.1, 0.15) is 0 Å². The molecule has 1 aliphatic heterocycles. The van der Waals surface area contributed by atoms with Crippen molar-refractivity contribution in [1.82, 2.24) is 20.9 Å². The molecule has 1 aliphatic rings. The molecule has 0 bridgehead atoms. The average molecular weight is 340 g/mol. The van der Waals surface area contributed by atoms with Crippen molar-refractivity contribution in [3.05, 3.63) is 0 Å². The lowest BCUT2D eigenvalue weighted by Crippen LogP contribution is -2.48. The van der Waals surface area contributed by atoms with Gasteiger partial charge in [-0.3, -0.25) is 9.79 Å². The van der Waals surface area contributed by atoms with Crippen LogP contribution in [0.1, 0.15) is 47.0 Å². The number of rotatable bonds is 8. The predicted molar refractivity (Wildman–Crippen MR) is 101 cm³/mol. The highest BCUT2D eigenvalue weighted by Crippen LogP contribution is 2.15. The fourth-order valence-corrected chi connectivity index (χ4v) is 2.80. The van der Waals surface area contributed by atoms with Crippen molar-refractivity contribution in [2.24, 2.45) is 16.3 Å². The van der Waals surface area contributed by atoms with E-state index in [1.54, 1.807) is 7.05 Å². The minimum Gasteiger partial charge on any atom is -0.356 e. The quantitative estimate of drug-likeness (QED) is 0.356. The summed E-state index contributed by atoms with van der Waals surface area (Å²) in [5.41, 5.74) is -0.460. The van der Waals surface area contributed by atoms with Crippen LogP contribution in [0.15, 0.2) is 4.99 Å². The summed E-state index contributed by atoms with van der Waals surface area (Å²) in [6.07, 6.45) is 3.76. The number of carbonyl (C=O) groups is 1. The van der Waals surface area contributed by atoms with Crippen molar-refractivity contribution < 1.29 is 4.79 Å². The summed E-state index contributed by atoms with van der Waals surface area (Å²) in [7, 11) is 1.76. The predicted octanol–water partition coefficient (Wildman–Crippen LogP) is 1.44. The zero-order chi connectivity index (χ0) is 18.0. The summed E-state index contributed by atoms with van der Waals surface area (Å²) in [4.78, 5) is 18.8. The molecule has 0 aromatic heterocycles. The van der Waals surface area contributed by atoms with E-state index in [4.69, 9.17) is 0 Å². The van der Waals surface area contributed by atoms with Gasteiger partial charge in [0, 0.05) is 26.7 Å². The van der Waals surface area contributed by atoms with Crippen LogP contribution >= 0.6 is 0 Å². The first-order valence-corrected chi connectivity index (χ1v) is 9.34. The molecule has 0 saturated carbocycles. The van der Waals surface area contributed by atoms with Crippen LogP contribution in [-0.4, -0.2) is 63.1 Å². The third-order valence-corrected chi connectivity index (χ3v) is 4.69. The van der Waals surface area contributed by atoms with E-state index in [-0.39, 0.29) is 5.91 Å². The largest absolute Gasteiger partial charge is 0.356 e. The first kappa shape index (κ1) is 20.7. The minimum atomic E-state index is -0.460. The van der Waals surface area contributed by atoms with Crippen LogP contribution in [0.5, 0.6) is 0 Å². The number of nitrogens with zero attached hydrogens (tertiary/aromatic N) is 2. The number of nitrogens with one attached hydrogen (secondary N) is 3. The van der Waals surface area contributed by atoms with Gasteiger partial charge < -0.3 is 20.9 Å². The molecule has 6 heteroatoms. The molecule has 0 aromatic carbocycles. The maximum Gasteiger partial charge on any atom is 0.227 e. The van der Waals surface area contributed by atoms with E-state index < -0.39 is 5.41 Å². The highest BCUT2D eigenvalue weighted by Gasteiger charge is 2.27. The maximum atomic E-state index is 12.0. The second-order valence-corrected chi connectivity index (χ2v) is 7.47. The van der Waals surface area contributed by atoms with Gasteiger partial charge in [0.05, 0.1) is 5.41 Å². The van der Waals surface area contributed by atoms with Gasteiger partial charge in [-0.15, -0.1) is 0 Å². The van der Waals surface area contributed by atoms with Gasteiger partial charge in [0.25, 0.3) is 0 Å². The monoisotopic (exact) mass is 339 g/mol. The molecule has 0 aliphatic carbocycles. The molecular weight excluding hydrogens is 302 g/mol. The summed E-state index contributed by atoms with van der Waals surface area (Å²) in [5, 5.41) is 9.47. The minimum absolute atomic E-state index is 0.0623. The lowest BCUT2D eigenvalue weighted by molar-refractivity contribution is -0.128. The van der Waals surface area contributed by atoms with Crippen LogP contribution < -0.4 is 16.0 Å². The van der Waals surface area contributed by atoms with Gasteiger partial charge in [-0.25, -0.2) is 0 Å². The van der Waals surface area contributed by atoms with E-state index in [2.05, 4.69) is 32.8 Å². The number of hydrogen-bond donors (Lipinski definition) is 3. The van der Waals surface area contributed by atoms with Crippen LogP contribution in [0.4, 0.5) is 0 Å². The Kier molecular flexibility index (Phi) is 9.11. The smallest absolute Gasteiger partial charge is 0.227 e. The van der Waals surface area contributed by atoms with Crippen LogP contribution in [-0.2, 0) is 4.79 Å². The molecule has 1 saturated heterocycles. The van der Waals surface area contributed by atoms with Gasteiger partial charge in [-0.1, -0.05) is 6.92 Å². The summed E-state index contributed by atoms with van der Waals surface area (Å²) in [6.45, 7) is 13.9. The zero-order valence-electron chi connectivity index (χ0n) is 16.2. The van der Waals surface area contributed by atoms with Crippen molar-refractivity contribution in [3.63, 3.8) is 0 Å². The van der Waals surface area contributed by atoms with Gasteiger partial charge in [0.15, 0.2) is 5.96 Å². The number of carbonyl (C=O) groups excluding carboxylic acids is 1. The molecular formula is C18H37N5O. The van der Waals surface area contributed by atoms with Crippen LogP contribution in [0.25, 0.3) is 0 Å². The van der Waals surface area contributed by atoms with Crippen molar-refractivity contribution in [2.75, 3.05) is 46.3 Å². The number of likely N-dealkylation sites (tertiary alicyclic amines) is 1. The molecule has 140 valence electrons. The number of hydrogen-bond acceptors (Lipinski definition) is 3. The molecule has 6 nitrogen and oxygen atoms in total. The third-order valence-electron chi connectivity index (χ3n) is 4.69. The van der Waals surface area contributed by atoms with Crippen LogP contribution in [0.2, 0.25) is 0 Å². The molecule has 0 radical (unpaired) electrons. The molecule has 0 spiro atoms. The molecule has 0 aromatic rings. The molecule has 3 N–H and O–H groups in total. The van der Waals surface area contributed by atoms with Crippen molar-refractivity contribution in [1.29, 1.82) is 0 Å². The fraction of sp³-hybridized carbons (Fsp3) is 0.889. The highest BCUT2D eigenvalue weighted by molar-refractivity contribution is 5.84. The third kappa shape index (κ3) is 7.51. The van der Waals surface area contributed by atoms with Crippen LogP contribution in [0, 0.1) is 11.3 Å². The topological polar surface area (TPSA) is 68.8 Å². The first-order chi connectivity index (χ1) is 11.4. The SMILES string of the molecule is CCNC(=O)C(C)(C)CNC(=NC)NCCCN1CCC(C)CC1. The average Bonchev–Trinajstić information content (AvgIpc) is 2.56. The molecule has 1 amide bonds. The number of guanidine groups is 1. The van der Waals surface area contributed by atoms with E-state index >= 15 is 0 Å². The van der Waals surface area contributed by atoms with Crippen molar-refractivity contribution in [3.8, 4) is 0 Å². The maximum absolute atomic E-state index is 12.0. The molecule has 1 rings (SSSR count). The Morgan fingerprint density at radius 3 is 2.46 bits per heavy atom. The zero-order valence-corrected chi connectivity index (χ0v) is 16.2. The lowest BCUT2D eigenvalue weighted by atomic mass is 9.92. The second kappa shape index (κ2) is 10.5. The molecule has 0 atom stereocenters.